The number of carbonyl (C=O) groups is 1. The highest BCUT2D eigenvalue weighted by atomic mass is 19.4. The number of fused-ring (bicyclic) bond motifs is 1. The van der Waals surface area contributed by atoms with Gasteiger partial charge in [0.25, 0.3) is 0 Å². The summed E-state index contributed by atoms with van der Waals surface area (Å²) in [6, 6.07) is 0. The second-order valence-electron chi connectivity index (χ2n) is 6.71. The molecule has 3 aliphatic rings. The smallest absolute Gasteiger partial charge is 0.419 e. The third-order valence-electron chi connectivity index (χ3n) is 4.84. The number of aliphatic hydroxyl groups is 1. The third kappa shape index (κ3) is 4.05. The predicted octanol–water partition coefficient (Wildman–Crippen LogP) is 2.53. The van der Waals surface area contributed by atoms with E-state index >= 15 is 0 Å². The molecule has 0 radical (unpaired) electrons. The summed E-state index contributed by atoms with van der Waals surface area (Å²) in [6.07, 6.45) is 0.633. The molecule has 0 bridgehead atoms. The zero-order valence-electron chi connectivity index (χ0n) is 14.9. The molecular weight excluding hydrogens is 380 g/mol. The van der Waals surface area contributed by atoms with Crippen molar-refractivity contribution in [2.75, 3.05) is 19.7 Å². The minimum Gasteiger partial charge on any atom is -0.464 e. The lowest BCUT2D eigenvalue weighted by molar-refractivity contribution is -0.124. The Hall–Kier alpha value is -2.39. The monoisotopic (exact) mass is 400 g/mol. The molecule has 1 heterocycles. The quantitative estimate of drug-likeness (QED) is 0.620. The van der Waals surface area contributed by atoms with Crippen LogP contribution >= 0.6 is 0 Å². The molecule has 0 aromatic carbocycles. The Morgan fingerprint density at radius 2 is 2.04 bits per heavy atom. The van der Waals surface area contributed by atoms with Gasteiger partial charge >= 0.3 is 6.18 Å². The largest absolute Gasteiger partial charge is 0.464 e. The van der Waals surface area contributed by atoms with Gasteiger partial charge in [-0.3, -0.25) is 4.79 Å². The number of ether oxygens (including phenoxy) is 1. The van der Waals surface area contributed by atoms with Crippen LogP contribution < -0.4 is 11.1 Å². The first-order valence-corrected chi connectivity index (χ1v) is 8.80. The van der Waals surface area contributed by atoms with Gasteiger partial charge in [0.2, 0.25) is 5.91 Å². The molecule has 0 spiro atoms. The van der Waals surface area contributed by atoms with Crippen molar-refractivity contribution in [2.45, 2.75) is 19.0 Å². The van der Waals surface area contributed by atoms with E-state index in [4.69, 9.17) is 15.6 Å². The van der Waals surface area contributed by atoms with Crippen molar-refractivity contribution in [2.24, 2.45) is 17.6 Å². The maximum Gasteiger partial charge on any atom is 0.419 e. The number of rotatable bonds is 5. The number of aliphatic hydroxyl groups excluding tert-OH is 1. The van der Waals surface area contributed by atoms with Crippen molar-refractivity contribution in [3.63, 3.8) is 0 Å². The van der Waals surface area contributed by atoms with Crippen molar-refractivity contribution in [3.05, 3.63) is 58.4 Å². The highest BCUT2D eigenvalue weighted by molar-refractivity contribution is 5.82. The number of allylic oxidation sites excluding steroid dienone is 7. The van der Waals surface area contributed by atoms with E-state index in [1.165, 1.54) is 6.08 Å². The van der Waals surface area contributed by atoms with E-state index in [0.29, 0.717) is 11.1 Å². The molecule has 2 unspecified atom stereocenters. The van der Waals surface area contributed by atoms with Gasteiger partial charge in [-0.15, -0.1) is 0 Å². The van der Waals surface area contributed by atoms with Gasteiger partial charge in [0, 0.05) is 12.5 Å². The summed E-state index contributed by atoms with van der Waals surface area (Å²) < 4.78 is 60.0. The SMILES string of the molecule is NCC1=CC2CC(C3=CC=C(F)C(C(=O)NCCO)C3)=CC(C(F)(F)F)=C2O1. The Morgan fingerprint density at radius 3 is 2.68 bits per heavy atom. The van der Waals surface area contributed by atoms with Crippen molar-refractivity contribution in [3.8, 4) is 0 Å². The summed E-state index contributed by atoms with van der Waals surface area (Å²) in [5.41, 5.74) is 5.43. The first-order chi connectivity index (χ1) is 13.2. The summed E-state index contributed by atoms with van der Waals surface area (Å²) in [5, 5.41) is 11.2. The molecule has 152 valence electrons. The number of hydrogen-bond donors (Lipinski definition) is 3. The Bertz CT molecular complexity index is 822. The zero-order valence-corrected chi connectivity index (χ0v) is 14.9. The van der Waals surface area contributed by atoms with Gasteiger partial charge in [-0.2, -0.15) is 13.2 Å². The summed E-state index contributed by atoms with van der Waals surface area (Å²) >= 11 is 0. The van der Waals surface area contributed by atoms with Crippen LogP contribution in [0.3, 0.4) is 0 Å². The van der Waals surface area contributed by atoms with Crippen LogP contribution in [-0.2, 0) is 9.53 Å². The number of hydrogen-bond acceptors (Lipinski definition) is 4. The fourth-order valence-corrected chi connectivity index (χ4v) is 3.49. The topological polar surface area (TPSA) is 84.6 Å². The summed E-state index contributed by atoms with van der Waals surface area (Å²) in [7, 11) is 0. The second kappa shape index (κ2) is 7.92. The van der Waals surface area contributed by atoms with Gasteiger partial charge in [-0.25, -0.2) is 4.39 Å². The second-order valence-corrected chi connectivity index (χ2v) is 6.71. The van der Waals surface area contributed by atoms with E-state index in [2.05, 4.69) is 5.32 Å². The molecule has 1 amide bonds. The first-order valence-electron chi connectivity index (χ1n) is 8.80. The minimum absolute atomic E-state index is 0.00970. The molecule has 0 fully saturated rings. The average molecular weight is 400 g/mol. The number of nitrogens with two attached hydrogens (primary N) is 1. The first kappa shape index (κ1) is 20.3. The van der Waals surface area contributed by atoms with Gasteiger partial charge < -0.3 is 20.9 Å². The van der Waals surface area contributed by atoms with Crippen LogP contribution in [0.2, 0.25) is 0 Å². The van der Waals surface area contributed by atoms with Crippen LogP contribution in [0.4, 0.5) is 17.6 Å². The number of carbonyl (C=O) groups excluding carboxylic acids is 1. The number of alkyl halides is 3. The van der Waals surface area contributed by atoms with Gasteiger partial charge in [-0.05, 0) is 42.2 Å². The molecular formula is C19H20F4N2O3. The fraction of sp³-hybridized carbons (Fsp3) is 0.421. The molecule has 2 aliphatic carbocycles. The van der Waals surface area contributed by atoms with Crippen LogP contribution in [0.5, 0.6) is 0 Å². The lowest BCUT2D eigenvalue weighted by atomic mass is 9.80. The number of amides is 1. The molecule has 28 heavy (non-hydrogen) atoms. The van der Waals surface area contributed by atoms with Crippen molar-refractivity contribution >= 4 is 5.91 Å². The van der Waals surface area contributed by atoms with Gasteiger partial charge in [0.1, 0.15) is 17.3 Å². The third-order valence-corrected chi connectivity index (χ3v) is 4.84. The highest BCUT2D eigenvalue weighted by Crippen LogP contribution is 2.46. The molecule has 4 N–H and O–H groups in total. The molecule has 0 saturated carbocycles. The van der Waals surface area contributed by atoms with E-state index in [1.54, 1.807) is 6.08 Å². The molecule has 5 nitrogen and oxygen atoms in total. The molecule has 3 rings (SSSR count). The average Bonchev–Trinajstić information content (AvgIpc) is 3.08. The highest BCUT2D eigenvalue weighted by Gasteiger charge is 2.43. The molecule has 1 aliphatic heterocycles. The molecule has 2 atom stereocenters. The van der Waals surface area contributed by atoms with Gasteiger partial charge in [0.05, 0.1) is 24.6 Å². The Morgan fingerprint density at radius 1 is 1.29 bits per heavy atom. The van der Waals surface area contributed by atoms with Crippen LogP contribution in [0.1, 0.15) is 12.8 Å². The van der Waals surface area contributed by atoms with E-state index < -0.39 is 35.3 Å². The summed E-state index contributed by atoms with van der Waals surface area (Å²) in [4.78, 5) is 12.1. The van der Waals surface area contributed by atoms with Crippen LogP contribution in [0.25, 0.3) is 0 Å². The molecule has 9 heteroatoms. The predicted molar refractivity (Wildman–Crippen MR) is 93.0 cm³/mol. The van der Waals surface area contributed by atoms with Gasteiger partial charge in [-0.1, -0.05) is 6.08 Å². The Balaban J connectivity index is 1.89. The van der Waals surface area contributed by atoms with E-state index in [9.17, 15) is 22.4 Å². The normalized spacial score (nSPS) is 24.6. The van der Waals surface area contributed by atoms with E-state index in [-0.39, 0.29) is 44.1 Å². The van der Waals surface area contributed by atoms with E-state index in [0.717, 1.165) is 12.2 Å². The Labute approximate surface area is 158 Å². The standard InChI is InChI=1S/C19H20F4N2O3/c20-16-2-1-10(7-14(16)18(27)25-3-4-26)11-5-12-6-13(9-24)28-17(12)15(8-11)19(21,22)23/h1-2,6,8,12,14,26H,3-5,7,9,24H2,(H,25,27). The van der Waals surface area contributed by atoms with Gasteiger partial charge in [0.15, 0.2) is 0 Å². The summed E-state index contributed by atoms with van der Waals surface area (Å²) in [5.74, 6) is -2.92. The van der Waals surface area contributed by atoms with E-state index in [1.807, 2.05) is 0 Å². The lowest BCUT2D eigenvalue weighted by Gasteiger charge is -2.27. The molecule has 0 saturated heterocycles. The van der Waals surface area contributed by atoms with Crippen LogP contribution in [-0.4, -0.2) is 36.9 Å². The van der Waals surface area contributed by atoms with Crippen LogP contribution in [0.15, 0.2) is 58.4 Å². The Kier molecular flexibility index (Phi) is 5.76. The minimum atomic E-state index is -4.62. The maximum atomic E-state index is 14.1. The maximum absolute atomic E-state index is 14.1. The van der Waals surface area contributed by atoms with Crippen molar-refractivity contribution < 1.29 is 32.2 Å². The van der Waals surface area contributed by atoms with Crippen molar-refractivity contribution in [1.82, 2.24) is 5.32 Å². The molecule has 0 aromatic heterocycles. The fourth-order valence-electron chi connectivity index (χ4n) is 3.49. The zero-order chi connectivity index (χ0) is 20.5. The van der Waals surface area contributed by atoms with Crippen molar-refractivity contribution in [1.29, 1.82) is 0 Å². The lowest BCUT2D eigenvalue weighted by Crippen LogP contribution is -2.34. The molecule has 0 aromatic rings. The summed E-state index contributed by atoms with van der Waals surface area (Å²) in [6.45, 7) is -0.331. The number of halogens is 4. The van der Waals surface area contributed by atoms with Crippen LogP contribution in [0, 0.1) is 11.8 Å². The number of nitrogens with one attached hydrogen (secondary N) is 1.